The number of amides is 1. The zero-order valence-corrected chi connectivity index (χ0v) is 13.2. The third-order valence-electron chi connectivity index (χ3n) is 2.63. The monoisotopic (exact) mass is 350 g/mol. The van der Waals surface area contributed by atoms with Gasteiger partial charge in [-0.2, -0.15) is 0 Å². The van der Waals surface area contributed by atoms with Gasteiger partial charge in [-0.05, 0) is 52.3 Å². The summed E-state index contributed by atoms with van der Waals surface area (Å²) in [5.74, 6) is 0.750. The van der Waals surface area contributed by atoms with Crippen LogP contribution in [0.5, 0.6) is 0 Å². The number of benzene rings is 2. The minimum atomic E-state index is 0.0137. The quantitative estimate of drug-likeness (QED) is 0.628. The van der Waals surface area contributed by atoms with E-state index in [4.69, 9.17) is 5.73 Å². The molecule has 3 N–H and O–H groups in total. The van der Waals surface area contributed by atoms with Gasteiger partial charge < -0.3 is 11.1 Å². The highest BCUT2D eigenvalue weighted by Gasteiger charge is 2.05. The van der Waals surface area contributed by atoms with Gasteiger partial charge in [-0.3, -0.25) is 4.79 Å². The lowest BCUT2D eigenvalue weighted by atomic mass is 10.3. The van der Waals surface area contributed by atoms with Crippen molar-refractivity contribution in [3.8, 4) is 0 Å². The molecule has 0 aromatic heterocycles. The highest BCUT2D eigenvalue weighted by atomic mass is 79.9. The van der Waals surface area contributed by atoms with E-state index in [1.165, 1.54) is 0 Å². The van der Waals surface area contributed by atoms with Crippen molar-refractivity contribution in [2.45, 2.75) is 11.3 Å². The minimum absolute atomic E-state index is 0.0137. The van der Waals surface area contributed by atoms with Gasteiger partial charge in [0.1, 0.15) is 0 Å². The van der Waals surface area contributed by atoms with Gasteiger partial charge in [-0.15, -0.1) is 11.8 Å². The second-order valence-corrected chi connectivity index (χ2v) is 6.22. The van der Waals surface area contributed by atoms with Crippen LogP contribution in [0.25, 0.3) is 0 Å². The largest absolute Gasteiger partial charge is 0.399 e. The summed E-state index contributed by atoms with van der Waals surface area (Å²) >= 11 is 5.05. The fourth-order valence-corrected chi connectivity index (χ4v) is 2.84. The topological polar surface area (TPSA) is 55.1 Å². The smallest absolute Gasteiger partial charge is 0.225 e. The van der Waals surface area contributed by atoms with Gasteiger partial charge in [0.2, 0.25) is 5.91 Å². The van der Waals surface area contributed by atoms with Crippen LogP contribution in [0.15, 0.2) is 57.9 Å². The SMILES string of the molecule is Nc1ccc(SCCC(=O)Nc2ccccc2Br)cc1. The van der Waals surface area contributed by atoms with E-state index >= 15 is 0 Å². The molecule has 0 radical (unpaired) electrons. The molecule has 20 heavy (non-hydrogen) atoms. The normalized spacial score (nSPS) is 10.2. The Kier molecular flexibility index (Phi) is 5.49. The Hall–Kier alpha value is -1.46. The van der Waals surface area contributed by atoms with E-state index in [0.717, 1.165) is 26.5 Å². The van der Waals surface area contributed by atoms with E-state index in [1.807, 2.05) is 48.5 Å². The van der Waals surface area contributed by atoms with Crippen LogP contribution in [-0.4, -0.2) is 11.7 Å². The van der Waals surface area contributed by atoms with E-state index in [1.54, 1.807) is 11.8 Å². The molecule has 0 heterocycles. The molecule has 0 saturated heterocycles. The van der Waals surface area contributed by atoms with E-state index < -0.39 is 0 Å². The predicted molar refractivity (Wildman–Crippen MR) is 89.0 cm³/mol. The zero-order chi connectivity index (χ0) is 14.4. The van der Waals surface area contributed by atoms with Crippen molar-refractivity contribution in [2.24, 2.45) is 0 Å². The maximum atomic E-state index is 11.8. The Labute approximate surface area is 131 Å². The van der Waals surface area contributed by atoms with Gasteiger partial charge in [0.05, 0.1) is 5.69 Å². The second kappa shape index (κ2) is 7.36. The molecule has 0 saturated carbocycles. The van der Waals surface area contributed by atoms with E-state index in [2.05, 4.69) is 21.2 Å². The first kappa shape index (κ1) is 14.9. The van der Waals surface area contributed by atoms with Crippen LogP contribution in [-0.2, 0) is 4.79 Å². The summed E-state index contributed by atoms with van der Waals surface area (Å²) in [6, 6.07) is 15.2. The second-order valence-electron chi connectivity index (χ2n) is 4.20. The number of para-hydroxylation sites is 1. The van der Waals surface area contributed by atoms with Crippen LogP contribution < -0.4 is 11.1 Å². The fraction of sp³-hybridized carbons (Fsp3) is 0.133. The molecule has 0 atom stereocenters. The number of nitrogens with two attached hydrogens (primary N) is 1. The lowest BCUT2D eigenvalue weighted by molar-refractivity contribution is -0.115. The molecule has 0 fully saturated rings. The molecule has 1 amide bonds. The number of carbonyl (C=O) groups excluding carboxylic acids is 1. The molecular formula is C15H15BrN2OS. The standard InChI is InChI=1S/C15H15BrN2OS/c16-13-3-1-2-4-14(13)18-15(19)9-10-20-12-7-5-11(17)6-8-12/h1-8H,9-10,17H2,(H,18,19). The molecule has 104 valence electrons. The van der Waals surface area contributed by atoms with Crippen molar-refractivity contribution >= 4 is 45.0 Å². The van der Waals surface area contributed by atoms with Gasteiger partial charge in [0.25, 0.3) is 0 Å². The number of hydrogen-bond acceptors (Lipinski definition) is 3. The highest BCUT2D eigenvalue weighted by molar-refractivity contribution is 9.10. The maximum Gasteiger partial charge on any atom is 0.225 e. The summed E-state index contributed by atoms with van der Waals surface area (Å²) in [7, 11) is 0. The van der Waals surface area contributed by atoms with Gasteiger partial charge >= 0.3 is 0 Å². The Bertz CT molecular complexity index is 587. The van der Waals surface area contributed by atoms with Crippen molar-refractivity contribution in [3.63, 3.8) is 0 Å². The average molecular weight is 351 g/mol. The van der Waals surface area contributed by atoms with E-state index in [0.29, 0.717) is 6.42 Å². The first-order chi connectivity index (χ1) is 9.65. The van der Waals surface area contributed by atoms with Gasteiger partial charge in [0, 0.05) is 27.2 Å². The van der Waals surface area contributed by atoms with E-state index in [9.17, 15) is 4.79 Å². The molecule has 5 heteroatoms. The van der Waals surface area contributed by atoms with Crippen molar-refractivity contribution < 1.29 is 4.79 Å². The summed E-state index contributed by atoms with van der Waals surface area (Å²) in [5, 5.41) is 2.89. The summed E-state index contributed by atoms with van der Waals surface area (Å²) in [4.78, 5) is 13.0. The molecule has 0 spiro atoms. The number of nitrogen functional groups attached to an aromatic ring is 1. The van der Waals surface area contributed by atoms with Crippen molar-refractivity contribution in [3.05, 3.63) is 53.0 Å². The average Bonchev–Trinajstić information content (AvgIpc) is 2.44. The summed E-state index contributed by atoms with van der Waals surface area (Å²) in [6.45, 7) is 0. The number of carbonyl (C=O) groups is 1. The Morgan fingerprint density at radius 3 is 2.55 bits per heavy atom. The van der Waals surface area contributed by atoms with Crippen molar-refractivity contribution in [1.82, 2.24) is 0 Å². The van der Waals surface area contributed by atoms with Gasteiger partial charge in [-0.25, -0.2) is 0 Å². The molecule has 3 nitrogen and oxygen atoms in total. The molecule has 0 unspecified atom stereocenters. The fourth-order valence-electron chi connectivity index (χ4n) is 1.60. The summed E-state index contributed by atoms with van der Waals surface area (Å²) < 4.78 is 0.888. The Morgan fingerprint density at radius 1 is 1.15 bits per heavy atom. The summed E-state index contributed by atoms with van der Waals surface area (Å²) in [5.41, 5.74) is 7.18. The number of halogens is 1. The van der Waals surface area contributed by atoms with Crippen molar-refractivity contribution in [1.29, 1.82) is 0 Å². The first-order valence-corrected chi connectivity index (χ1v) is 7.96. The van der Waals surface area contributed by atoms with Crippen molar-refractivity contribution in [2.75, 3.05) is 16.8 Å². The molecule has 2 aromatic carbocycles. The Morgan fingerprint density at radius 2 is 1.85 bits per heavy atom. The minimum Gasteiger partial charge on any atom is -0.399 e. The third kappa shape index (κ3) is 4.58. The van der Waals surface area contributed by atoms with Crippen LogP contribution in [0.2, 0.25) is 0 Å². The number of nitrogens with one attached hydrogen (secondary N) is 1. The first-order valence-electron chi connectivity index (χ1n) is 6.18. The Balaban J connectivity index is 1.78. The number of anilines is 2. The van der Waals surface area contributed by atoms with Gasteiger partial charge in [0.15, 0.2) is 0 Å². The molecule has 0 bridgehead atoms. The number of hydrogen-bond donors (Lipinski definition) is 2. The molecule has 0 aliphatic heterocycles. The van der Waals surface area contributed by atoms with E-state index in [-0.39, 0.29) is 5.91 Å². The van der Waals surface area contributed by atoms with Crippen LogP contribution >= 0.6 is 27.7 Å². The number of thioether (sulfide) groups is 1. The zero-order valence-electron chi connectivity index (χ0n) is 10.8. The lowest BCUT2D eigenvalue weighted by Gasteiger charge is -2.07. The predicted octanol–water partition coefficient (Wildman–Crippen LogP) is 4.15. The molecular weight excluding hydrogens is 336 g/mol. The molecule has 0 aliphatic carbocycles. The van der Waals surface area contributed by atoms with Crippen LogP contribution in [0.3, 0.4) is 0 Å². The highest BCUT2D eigenvalue weighted by Crippen LogP contribution is 2.22. The number of rotatable bonds is 5. The third-order valence-corrected chi connectivity index (χ3v) is 4.33. The molecule has 0 aliphatic rings. The molecule has 2 rings (SSSR count). The van der Waals surface area contributed by atoms with Crippen LogP contribution in [0.4, 0.5) is 11.4 Å². The van der Waals surface area contributed by atoms with Crippen LogP contribution in [0, 0.1) is 0 Å². The molecule has 2 aromatic rings. The summed E-state index contributed by atoms with van der Waals surface area (Å²) in [6.07, 6.45) is 0.469. The lowest BCUT2D eigenvalue weighted by Crippen LogP contribution is -2.12. The maximum absolute atomic E-state index is 11.8. The van der Waals surface area contributed by atoms with Crippen LogP contribution in [0.1, 0.15) is 6.42 Å². The van der Waals surface area contributed by atoms with Gasteiger partial charge in [-0.1, -0.05) is 12.1 Å².